The zero-order valence-corrected chi connectivity index (χ0v) is 19.0. The highest BCUT2D eigenvalue weighted by Gasteiger charge is 2.13. The third-order valence-corrected chi connectivity index (χ3v) is 5.88. The molecule has 0 aliphatic heterocycles. The Morgan fingerprint density at radius 2 is 1.61 bits per heavy atom. The number of para-hydroxylation sites is 1. The fourth-order valence-corrected chi connectivity index (χ4v) is 4.25. The van der Waals surface area contributed by atoms with E-state index in [0.717, 1.165) is 31.4 Å². The molecule has 0 amide bonds. The van der Waals surface area contributed by atoms with Gasteiger partial charge in [0, 0.05) is 38.0 Å². The molecule has 4 heteroatoms. The molecule has 0 radical (unpaired) electrons. The number of hydrogen-bond acceptors (Lipinski definition) is 3. The van der Waals surface area contributed by atoms with Gasteiger partial charge in [0.25, 0.3) is 0 Å². The van der Waals surface area contributed by atoms with E-state index >= 15 is 0 Å². The van der Waals surface area contributed by atoms with Gasteiger partial charge < -0.3 is 14.9 Å². The number of fused-ring (bicyclic) bond motifs is 2. The van der Waals surface area contributed by atoms with Crippen LogP contribution in [0.5, 0.6) is 0 Å². The minimum Gasteiger partial charge on any atom is -0.340 e. The van der Waals surface area contributed by atoms with Gasteiger partial charge in [0.2, 0.25) is 0 Å². The molecule has 0 bridgehead atoms. The second kappa shape index (κ2) is 9.36. The van der Waals surface area contributed by atoms with Gasteiger partial charge in [-0.1, -0.05) is 60.7 Å². The normalized spacial score (nSPS) is 12.1. The van der Waals surface area contributed by atoms with Gasteiger partial charge in [-0.25, -0.2) is 0 Å². The van der Waals surface area contributed by atoms with E-state index in [-0.39, 0.29) is 0 Å². The Bertz CT molecular complexity index is 1250. The zero-order chi connectivity index (χ0) is 21.8. The molecule has 3 aromatic carbocycles. The molecule has 0 saturated heterocycles. The van der Waals surface area contributed by atoms with Crippen molar-refractivity contribution in [2.45, 2.75) is 33.4 Å². The maximum atomic E-state index is 4.88. The van der Waals surface area contributed by atoms with Gasteiger partial charge in [-0.05, 0) is 49.6 Å². The maximum Gasteiger partial charge on any atom is 0.102 e. The lowest BCUT2D eigenvalue weighted by atomic mass is 10.0. The van der Waals surface area contributed by atoms with Crippen LogP contribution in [0.3, 0.4) is 0 Å². The molecule has 4 rings (SSSR count). The summed E-state index contributed by atoms with van der Waals surface area (Å²) in [5.74, 6) is 0. The standard InChI is InChI=1S/C27H32N4/c1-20-15-16-24-26(29-30(3)4)23-13-8-9-14-25(23)31(27(24)21(20)2)18-10-17-28-19-22-11-6-5-7-12-22/h5-9,11-16,28H,10,17-19H2,1-4H3. The molecular formula is C27H32N4. The predicted molar refractivity (Wildman–Crippen MR) is 131 cm³/mol. The summed E-state index contributed by atoms with van der Waals surface area (Å²) < 4.78 is 2.49. The molecule has 0 fully saturated rings. The van der Waals surface area contributed by atoms with E-state index < -0.39 is 0 Å². The van der Waals surface area contributed by atoms with E-state index in [9.17, 15) is 0 Å². The molecule has 31 heavy (non-hydrogen) atoms. The van der Waals surface area contributed by atoms with Crippen molar-refractivity contribution in [2.24, 2.45) is 5.10 Å². The molecule has 4 aromatic rings. The topological polar surface area (TPSA) is 32.6 Å². The molecule has 0 aliphatic rings. The number of aromatic nitrogens is 1. The van der Waals surface area contributed by atoms with E-state index in [2.05, 4.69) is 90.5 Å². The highest BCUT2D eigenvalue weighted by atomic mass is 15.4. The van der Waals surface area contributed by atoms with Gasteiger partial charge in [0.05, 0.1) is 11.0 Å². The lowest BCUT2D eigenvalue weighted by Gasteiger charge is -2.20. The van der Waals surface area contributed by atoms with E-state index in [1.165, 1.54) is 38.5 Å². The monoisotopic (exact) mass is 412 g/mol. The first-order valence-corrected chi connectivity index (χ1v) is 11.0. The molecule has 160 valence electrons. The first-order chi connectivity index (χ1) is 15.1. The van der Waals surface area contributed by atoms with Crippen molar-refractivity contribution in [1.29, 1.82) is 0 Å². The van der Waals surface area contributed by atoms with E-state index in [1.807, 2.05) is 19.1 Å². The number of nitrogens with one attached hydrogen (secondary N) is 1. The third kappa shape index (κ3) is 4.49. The molecule has 1 aromatic heterocycles. The molecule has 0 aliphatic carbocycles. The summed E-state index contributed by atoms with van der Waals surface area (Å²) in [4.78, 5) is 0. The lowest BCUT2D eigenvalue weighted by Crippen LogP contribution is -2.20. The number of aryl methyl sites for hydroxylation is 3. The average molecular weight is 413 g/mol. The SMILES string of the molecule is Cc1ccc2c(=NN(C)C)c3ccccc3n(CCCNCc3ccccc3)c2c1C. The van der Waals surface area contributed by atoms with Crippen LogP contribution < -0.4 is 10.7 Å². The number of pyridine rings is 1. The Morgan fingerprint density at radius 3 is 2.39 bits per heavy atom. The Balaban J connectivity index is 1.72. The summed E-state index contributed by atoms with van der Waals surface area (Å²) in [6.07, 6.45) is 1.06. The molecule has 1 heterocycles. The molecule has 0 atom stereocenters. The second-order valence-corrected chi connectivity index (χ2v) is 8.38. The van der Waals surface area contributed by atoms with Crippen molar-refractivity contribution in [1.82, 2.24) is 14.9 Å². The van der Waals surface area contributed by atoms with Gasteiger partial charge in [0.1, 0.15) is 5.36 Å². The molecule has 0 saturated carbocycles. The number of nitrogens with zero attached hydrogens (tertiary/aromatic N) is 3. The van der Waals surface area contributed by atoms with E-state index in [4.69, 9.17) is 5.10 Å². The highest BCUT2D eigenvalue weighted by molar-refractivity contribution is 5.95. The molecule has 4 nitrogen and oxygen atoms in total. The van der Waals surface area contributed by atoms with Crippen LogP contribution in [-0.2, 0) is 13.1 Å². The van der Waals surface area contributed by atoms with Crippen LogP contribution in [0.2, 0.25) is 0 Å². The first-order valence-electron chi connectivity index (χ1n) is 11.0. The zero-order valence-electron chi connectivity index (χ0n) is 19.0. The first kappa shape index (κ1) is 21.1. The van der Waals surface area contributed by atoms with Gasteiger partial charge in [0.15, 0.2) is 0 Å². The Kier molecular flexibility index (Phi) is 6.38. The number of rotatable bonds is 7. The Morgan fingerprint density at radius 1 is 0.871 bits per heavy atom. The number of benzene rings is 3. The van der Waals surface area contributed by atoms with Crippen LogP contribution >= 0.6 is 0 Å². The van der Waals surface area contributed by atoms with Crippen molar-refractivity contribution in [3.05, 3.63) is 88.8 Å². The van der Waals surface area contributed by atoms with Crippen molar-refractivity contribution in [3.63, 3.8) is 0 Å². The summed E-state index contributed by atoms with van der Waals surface area (Å²) in [6.45, 7) is 7.28. The summed E-state index contributed by atoms with van der Waals surface area (Å²) in [6, 6.07) is 23.7. The minimum absolute atomic E-state index is 0.909. The van der Waals surface area contributed by atoms with Crippen molar-refractivity contribution >= 4 is 21.8 Å². The maximum absolute atomic E-state index is 4.88. The smallest absolute Gasteiger partial charge is 0.102 e. The molecule has 0 spiro atoms. The van der Waals surface area contributed by atoms with Crippen molar-refractivity contribution in [2.75, 3.05) is 20.6 Å². The molecule has 0 unspecified atom stereocenters. The van der Waals surface area contributed by atoms with Gasteiger partial charge in [-0.15, -0.1) is 0 Å². The third-order valence-electron chi connectivity index (χ3n) is 5.88. The van der Waals surface area contributed by atoms with Crippen LogP contribution in [0.4, 0.5) is 0 Å². The van der Waals surface area contributed by atoms with Gasteiger partial charge in [-0.2, -0.15) is 5.10 Å². The summed E-state index contributed by atoms with van der Waals surface area (Å²) in [5, 5.41) is 13.8. The van der Waals surface area contributed by atoms with E-state index in [1.54, 1.807) is 0 Å². The average Bonchev–Trinajstić information content (AvgIpc) is 2.78. The van der Waals surface area contributed by atoms with Crippen LogP contribution in [0.1, 0.15) is 23.1 Å². The van der Waals surface area contributed by atoms with Crippen LogP contribution in [-0.4, -0.2) is 30.2 Å². The summed E-state index contributed by atoms with van der Waals surface area (Å²) >= 11 is 0. The Hall–Kier alpha value is -3.11. The molecule has 1 N–H and O–H groups in total. The van der Waals surface area contributed by atoms with Gasteiger partial charge >= 0.3 is 0 Å². The largest absolute Gasteiger partial charge is 0.340 e. The fraction of sp³-hybridized carbons (Fsp3) is 0.296. The second-order valence-electron chi connectivity index (χ2n) is 8.38. The van der Waals surface area contributed by atoms with Gasteiger partial charge in [-0.3, -0.25) is 0 Å². The van der Waals surface area contributed by atoms with Crippen molar-refractivity contribution < 1.29 is 0 Å². The summed E-state index contributed by atoms with van der Waals surface area (Å²) in [7, 11) is 3.97. The van der Waals surface area contributed by atoms with E-state index in [0.29, 0.717) is 0 Å². The Labute approximate surface area is 184 Å². The quantitative estimate of drug-likeness (QED) is 0.264. The lowest BCUT2D eigenvalue weighted by molar-refractivity contribution is 0.423. The predicted octanol–water partition coefficient (Wildman–Crippen LogP) is 4.97. The van der Waals surface area contributed by atoms with Crippen LogP contribution in [0.25, 0.3) is 21.8 Å². The summed E-state index contributed by atoms with van der Waals surface area (Å²) in [5.41, 5.74) is 6.51. The fourth-order valence-electron chi connectivity index (χ4n) is 4.25. The number of hydrogen-bond donors (Lipinski definition) is 1. The minimum atomic E-state index is 0.909. The highest BCUT2D eigenvalue weighted by Crippen LogP contribution is 2.25. The van der Waals surface area contributed by atoms with Crippen molar-refractivity contribution in [3.8, 4) is 0 Å². The molecular weight excluding hydrogens is 380 g/mol. The van der Waals surface area contributed by atoms with Crippen LogP contribution in [0.15, 0.2) is 71.8 Å². The van der Waals surface area contributed by atoms with Crippen LogP contribution in [0, 0.1) is 13.8 Å².